The van der Waals surface area contributed by atoms with Crippen LogP contribution < -0.4 is 5.32 Å². The zero-order valence-electron chi connectivity index (χ0n) is 18.1. The number of rotatable bonds is 8. The van der Waals surface area contributed by atoms with Gasteiger partial charge >= 0.3 is 5.97 Å². The average molecular weight is 415 g/mol. The lowest BCUT2D eigenvalue weighted by Crippen LogP contribution is -2.46. The van der Waals surface area contributed by atoms with E-state index in [0.717, 1.165) is 11.1 Å². The molecule has 162 valence electrons. The molecule has 0 aliphatic carbocycles. The molecule has 1 amide bonds. The summed E-state index contributed by atoms with van der Waals surface area (Å²) in [5, 5.41) is 32.2. The lowest BCUT2D eigenvalue weighted by molar-refractivity contribution is -0.143. The van der Waals surface area contributed by atoms with Crippen molar-refractivity contribution in [3.8, 4) is 11.5 Å². The Morgan fingerprint density at radius 2 is 1.60 bits per heavy atom. The molecule has 30 heavy (non-hydrogen) atoms. The molecule has 0 spiro atoms. The fraction of sp³-hybridized carbons (Fsp3) is 0.391. The molecule has 2 rings (SSSR count). The van der Waals surface area contributed by atoms with Gasteiger partial charge in [0.05, 0.1) is 5.56 Å². The number of carboxylic acids is 1. The van der Waals surface area contributed by atoms with Gasteiger partial charge in [0, 0.05) is 26.2 Å². The summed E-state index contributed by atoms with van der Waals surface area (Å²) in [4.78, 5) is 25.5. The smallest absolute Gasteiger partial charge is 0.323 e. The minimum Gasteiger partial charge on any atom is -0.508 e. The fourth-order valence-corrected chi connectivity index (χ4v) is 2.94. The summed E-state index contributed by atoms with van der Waals surface area (Å²) in [5.74, 6) is -1.54. The Kier molecular flexibility index (Phi) is 7.10. The average Bonchev–Trinajstić information content (AvgIpc) is 2.66. The second-order valence-electron chi connectivity index (χ2n) is 8.34. The van der Waals surface area contributed by atoms with Crippen molar-refractivity contribution >= 4 is 11.9 Å². The molecule has 2 aromatic carbocycles. The molecule has 0 heterocycles. The summed E-state index contributed by atoms with van der Waals surface area (Å²) in [6, 6.07) is 10.3. The van der Waals surface area contributed by atoms with Crippen LogP contribution in [-0.2, 0) is 17.9 Å². The van der Waals surface area contributed by atoms with Crippen LogP contribution in [0.2, 0.25) is 0 Å². The van der Waals surface area contributed by atoms with E-state index in [1.54, 1.807) is 20.9 Å². The number of nitrogens with one attached hydrogen (secondary N) is 1. The van der Waals surface area contributed by atoms with Crippen molar-refractivity contribution < 1.29 is 24.9 Å². The van der Waals surface area contributed by atoms with Crippen LogP contribution in [0.3, 0.4) is 0 Å². The first-order valence-electron chi connectivity index (χ1n) is 9.80. The van der Waals surface area contributed by atoms with Crippen molar-refractivity contribution in [3.05, 3.63) is 58.7 Å². The highest BCUT2D eigenvalue weighted by Crippen LogP contribution is 2.32. The van der Waals surface area contributed by atoms with Crippen LogP contribution in [-0.4, -0.2) is 44.7 Å². The topological polar surface area (TPSA) is 110 Å². The van der Waals surface area contributed by atoms with E-state index in [0.29, 0.717) is 18.7 Å². The molecule has 0 aliphatic rings. The van der Waals surface area contributed by atoms with Crippen molar-refractivity contribution in [2.45, 2.75) is 52.2 Å². The highest BCUT2D eigenvalue weighted by Gasteiger charge is 2.26. The number of phenolic OH excluding ortho intramolecular Hbond substituents is 2. The highest BCUT2D eigenvalue weighted by atomic mass is 16.4. The van der Waals surface area contributed by atoms with Crippen molar-refractivity contribution in [1.29, 1.82) is 0 Å². The molecule has 0 saturated heterocycles. The van der Waals surface area contributed by atoms with Crippen LogP contribution in [0.5, 0.6) is 11.5 Å². The van der Waals surface area contributed by atoms with Gasteiger partial charge in [0.15, 0.2) is 0 Å². The van der Waals surface area contributed by atoms with Gasteiger partial charge in [0.1, 0.15) is 17.0 Å². The second kappa shape index (κ2) is 9.17. The largest absolute Gasteiger partial charge is 0.508 e. The summed E-state index contributed by atoms with van der Waals surface area (Å²) in [5.41, 5.74) is 1.56. The normalized spacial score (nSPS) is 11.5. The predicted octanol–water partition coefficient (Wildman–Crippen LogP) is 3.45. The third kappa shape index (κ3) is 5.51. The first-order chi connectivity index (χ1) is 13.9. The summed E-state index contributed by atoms with van der Waals surface area (Å²) < 4.78 is 0. The molecule has 2 aromatic rings. The molecule has 0 aliphatic heterocycles. The van der Waals surface area contributed by atoms with E-state index >= 15 is 0 Å². The summed E-state index contributed by atoms with van der Waals surface area (Å²) in [6.07, 6.45) is 0. The van der Waals surface area contributed by atoms with E-state index in [1.165, 1.54) is 17.0 Å². The van der Waals surface area contributed by atoms with Crippen LogP contribution in [0.15, 0.2) is 36.4 Å². The Bertz CT molecular complexity index is 920. The first-order valence-corrected chi connectivity index (χ1v) is 9.80. The van der Waals surface area contributed by atoms with Crippen LogP contribution in [0.25, 0.3) is 0 Å². The Labute approximate surface area is 177 Å². The van der Waals surface area contributed by atoms with Crippen LogP contribution in [0.4, 0.5) is 0 Å². The van der Waals surface area contributed by atoms with E-state index < -0.39 is 11.5 Å². The van der Waals surface area contributed by atoms with E-state index in [4.69, 9.17) is 5.11 Å². The Balaban J connectivity index is 2.07. The van der Waals surface area contributed by atoms with Crippen molar-refractivity contribution in [2.75, 3.05) is 7.05 Å². The number of hydrogen-bond acceptors (Lipinski definition) is 5. The number of carboxylic acid groups (broad SMARTS) is 1. The van der Waals surface area contributed by atoms with Gasteiger partial charge in [0.2, 0.25) is 0 Å². The molecule has 7 nitrogen and oxygen atoms in total. The van der Waals surface area contributed by atoms with Gasteiger partial charge in [-0.2, -0.15) is 0 Å². The van der Waals surface area contributed by atoms with Gasteiger partial charge in [0.25, 0.3) is 5.91 Å². The standard InChI is InChI=1S/C23H30N2O5/c1-14(2)17-10-18(20(27)11-19(17)26)21(28)25(5)13-16-8-6-15(7-9-16)12-24-23(3,4)22(29)30/h6-11,14,24,26-27H,12-13H2,1-5H3,(H,29,30). The number of amides is 1. The van der Waals surface area contributed by atoms with Crippen LogP contribution >= 0.6 is 0 Å². The van der Waals surface area contributed by atoms with Crippen molar-refractivity contribution in [3.63, 3.8) is 0 Å². The minimum absolute atomic E-state index is 0.00899. The zero-order chi connectivity index (χ0) is 22.6. The number of nitrogens with zero attached hydrogens (tertiary/aromatic N) is 1. The van der Waals surface area contributed by atoms with Gasteiger partial charge in [-0.25, -0.2) is 0 Å². The maximum atomic E-state index is 12.8. The predicted molar refractivity (Wildman–Crippen MR) is 115 cm³/mol. The molecule has 0 atom stereocenters. The summed E-state index contributed by atoms with van der Waals surface area (Å²) in [6.45, 7) is 7.76. The van der Waals surface area contributed by atoms with E-state index in [-0.39, 0.29) is 28.9 Å². The zero-order valence-corrected chi connectivity index (χ0v) is 18.1. The molecule has 0 aromatic heterocycles. The van der Waals surface area contributed by atoms with Gasteiger partial charge in [-0.1, -0.05) is 38.1 Å². The van der Waals surface area contributed by atoms with E-state index in [2.05, 4.69) is 5.32 Å². The number of carbonyl (C=O) groups excluding carboxylic acids is 1. The Hall–Kier alpha value is -3.06. The van der Waals surface area contributed by atoms with Gasteiger partial charge in [-0.3, -0.25) is 14.9 Å². The number of carbonyl (C=O) groups is 2. The summed E-state index contributed by atoms with van der Waals surface area (Å²) in [7, 11) is 1.65. The van der Waals surface area contributed by atoms with E-state index in [9.17, 15) is 19.8 Å². The third-order valence-electron chi connectivity index (χ3n) is 5.06. The molecular formula is C23H30N2O5. The number of aromatic hydroxyl groups is 2. The van der Waals surface area contributed by atoms with Crippen LogP contribution in [0, 0.1) is 0 Å². The lowest BCUT2D eigenvalue weighted by atomic mass is 9.98. The van der Waals surface area contributed by atoms with Crippen molar-refractivity contribution in [1.82, 2.24) is 10.2 Å². The molecule has 0 unspecified atom stereocenters. The molecule has 4 N–H and O–H groups in total. The molecule has 0 saturated carbocycles. The number of phenols is 2. The molecule has 0 fully saturated rings. The number of hydrogen-bond donors (Lipinski definition) is 4. The quantitative estimate of drug-likeness (QED) is 0.527. The van der Waals surface area contributed by atoms with Gasteiger partial charge in [-0.15, -0.1) is 0 Å². The van der Waals surface area contributed by atoms with Gasteiger partial charge < -0.3 is 20.2 Å². The molecule has 7 heteroatoms. The first kappa shape index (κ1) is 23.2. The summed E-state index contributed by atoms with van der Waals surface area (Å²) >= 11 is 0. The monoisotopic (exact) mass is 414 g/mol. The van der Waals surface area contributed by atoms with Crippen molar-refractivity contribution in [2.24, 2.45) is 0 Å². The molecular weight excluding hydrogens is 384 g/mol. The highest BCUT2D eigenvalue weighted by molar-refractivity contribution is 5.97. The number of aliphatic carboxylic acids is 1. The Morgan fingerprint density at radius 1 is 1.03 bits per heavy atom. The molecule has 0 radical (unpaired) electrons. The van der Waals surface area contributed by atoms with Crippen LogP contribution in [0.1, 0.15) is 60.7 Å². The van der Waals surface area contributed by atoms with E-state index in [1.807, 2.05) is 38.1 Å². The second-order valence-corrected chi connectivity index (χ2v) is 8.34. The minimum atomic E-state index is -1.02. The van der Waals surface area contributed by atoms with Gasteiger partial charge in [-0.05, 0) is 42.5 Å². The maximum Gasteiger partial charge on any atom is 0.323 e. The lowest BCUT2D eigenvalue weighted by Gasteiger charge is -2.21. The third-order valence-corrected chi connectivity index (χ3v) is 5.06. The molecule has 0 bridgehead atoms. The Morgan fingerprint density at radius 3 is 2.13 bits per heavy atom. The number of benzene rings is 2. The fourth-order valence-electron chi connectivity index (χ4n) is 2.94. The maximum absolute atomic E-state index is 12.8. The SMILES string of the molecule is CC(C)c1cc(C(=O)N(C)Cc2ccc(CNC(C)(C)C(=O)O)cc2)c(O)cc1O.